The summed E-state index contributed by atoms with van der Waals surface area (Å²) in [5, 5.41) is 0. The van der Waals surface area contributed by atoms with Gasteiger partial charge in [-0.3, -0.25) is 9.59 Å². The molecule has 0 aliphatic rings. The highest BCUT2D eigenvalue weighted by Gasteiger charge is 2.23. The average molecular weight is 327 g/mol. The summed E-state index contributed by atoms with van der Waals surface area (Å²) in [5.41, 5.74) is -0.498. The maximum atomic E-state index is 11.7. The molecule has 5 nitrogen and oxygen atoms in total. The minimum Gasteiger partial charge on any atom is -0.375 e. The summed E-state index contributed by atoms with van der Waals surface area (Å²) >= 11 is 0. The third kappa shape index (κ3) is 11.0. The second-order valence-corrected chi connectivity index (χ2v) is 6.97. The normalized spacial score (nSPS) is 12.6. The summed E-state index contributed by atoms with van der Waals surface area (Å²) in [7, 11) is 1.72. The van der Waals surface area contributed by atoms with Gasteiger partial charge in [0.1, 0.15) is 6.29 Å². The summed E-state index contributed by atoms with van der Waals surface area (Å²) in [6.07, 6.45) is 5.64. The van der Waals surface area contributed by atoms with Crippen LogP contribution in [0.5, 0.6) is 0 Å². The molecule has 0 rings (SSSR count). The first-order valence-corrected chi connectivity index (χ1v) is 8.28. The Kier molecular flexibility index (Phi) is 10.0. The maximum absolute atomic E-state index is 11.7. The van der Waals surface area contributed by atoms with E-state index < -0.39 is 0 Å². The lowest BCUT2D eigenvalue weighted by Crippen LogP contribution is -2.35. The van der Waals surface area contributed by atoms with E-state index in [1.807, 2.05) is 13.8 Å². The van der Waals surface area contributed by atoms with E-state index >= 15 is 0 Å². The second-order valence-electron chi connectivity index (χ2n) is 6.97. The topological polar surface area (TPSA) is 55.8 Å². The summed E-state index contributed by atoms with van der Waals surface area (Å²) in [4.78, 5) is 23.5. The van der Waals surface area contributed by atoms with Crippen LogP contribution in [0, 0.1) is 0 Å². The van der Waals surface area contributed by atoms with E-state index in [-0.39, 0.29) is 17.1 Å². The number of carbonyl (C=O) groups excluding carboxylic acids is 2. The average Bonchev–Trinajstić information content (AvgIpc) is 2.47. The first-order chi connectivity index (χ1) is 10.6. The fraction of sp³-hybridized carbons (Fsp3) is 0.778. The summed E-state index contributed by atoms with van der Waals surface area (Å²) < 4.78 is 11.8. The zero-order valence-corrected chi connectivity index (χ0v) is 15.6. The lowest BCUT2D eigenvalue weighted by Gasteiger charge is -2.30. The van der Waals surface area contributed by atoms with Gasteiger partial charge in [-0.15, -0.1) is 0 Å². The number of carbonyl (C=O) groups is 2. The van der Waals surface area contributed by atoms with Crippen LogP contribution in [-0.2, 0) is 19.1 Å². The van der Waals surface area contributed by atoms with Crippen LogP contribution in [0.3, 0.4) is 0 Å². The van der Waals surface area contributed by atoms with Gasteiger partial charge in [0.15, 0.2) is 0 Å². The Bertz CT molecular complexity index is 388. The standard InChI is InChI=1S/C18H33NO4/c1-7-14-22-18(4,5)11-15-23-17(2,3)10-12-19(6)16(21)9-8-13-20/h8-9,13H,7,10-12,14-15H2,1-6H3/b9-8-. The summed E-state index contributed by atoms with van der Waals surface area (Å²) in [6, 6.07) is 0. The van der Waals surface area contributed by atoms with Gasteiger partial charge in [0.2, 0.25) is 5.91 Å². The Morgan fingerprint density at radius 2 is 1.61 bits per heavy atom. The lowest BCUT2D eigenvalue weighted by atomic mass is 10.0. The molecule has 0 atom stereocenters. The molecule has 1 amide bonds. The number of nitrogens with zero attached hydrogens (tertiary/aromatic N) is 1. The van der Waals surface area contributed by atoms with E-state index in [9.17, 15) is 9.59 Å². The van der Waals surface area contributed by atoms with Crippen LogP contribution in [0.25, 0.3) is 0 Å². The molecular weight excluding hydrogens is 294 g/mol. The molecule has 0 aromatic carbocycles. The SMILES string of the molecule is CCCOC(C)(C)CCOC(C)(C)CCN(C)C(=O)/C=C\C=O. The van der Waals surface area contributed by atoms with Gasteiger partial charge in [-0.2, -0.15) is 0 Å². The van der Waals surface area contributed by atoms with Crippen LogP contribution in [0.4, 0.5) is 0 Å². The number of allylic oxidation sites excluding steroid dienone is 1. The number of ether oxygens (including phenoxy) is 2. The molecule has 0 radical (unpaired) electrons. The maximum Gasteiger partial charge on any atom is 0.246 e. The molecule has 0 aliphatic carbocycles. The highest BCUT2D eigenvalue weighted by Crippen LogP contribution is 2.20. The molecule has 0 bridgehead atoms. The quantitative estimate of drug-likeness (QED) is 0.408. The number of likely N-dealkylation sites (N-methyl/N-ethyl adjacent to an activating group) is 1. The Labute approximate surface area is 141 Å². The predicted molar refractivity (Wildman–Crippen MR) is 92.4 cm³/mol. The van der Waals surface area contributed by atoms with Gasteiger partial charge in [0, 0.05) is 26.3 Å². The van der Waals surface area contributed by atoms with Crippen molar-refractivity contribution in [3.63, 3.8) is 0 Å². The molecule has 0 fully saturated rings. The smallest absolute Gasteiger partial charge is 0.246 e. The minimum absolute atomic E-state index is 0.179. The second kappa shape index (κ2) is 10.6. The van der Waals surface area contributed by atoms with Gasteiger partial charge in [-0.1, -0.05) is 6.92 Å². The molecule has 0 spiro atoms. The van der Waals surface area contributed by atoms with Crippen molar-refractivity contribution in [2.45, 2.75) is 65.1 Å². The number of amides is 1. The molecule has 0 aromatic heterocycles. The monoisotopic (exact) mass is 327 g/mol. The van der Waals surface area contributed by atoms with Crippen molar-refractivity contribution in [2.75, 3.05) is 26.8 Å². The van der Waals surface area contributed by atoms with Crippen LogP contribution in [0.1, 0.15) is 53.9 Å². The molecule has 0 saturated carbocycles. The van der Waals surface area contributed by atoms with Gasteiger partial charge in [-0.25, -0.2) is 0 Å². The number of hydrogen-bond acceptors (Lipinski definition) is 4. The molecule has 0 aliphatic heterocycles. The first kappa shape index (κ1) is 21.8. The van der Waals surface area contributed by atoms with Crippen LogP contribution in [0.2, 0.25) is 0 Å². The molecule has 0 N–H and O–H groups in total. The van der Waals surface area contributed by atoms with E-state index in [0.29, 0.717) is 19.4 Å². The third-order valence-electron chi connectivity index (χ3n) is 3.64. The van der Waals surface area contributed by atoms with Gasteiger partial charge < -0.3 is 14.4 Å². The Balaban J connectivity index is 4.16. The molecule has 0 heterocycles. The van der Waals surface area contributed by atoms with E-state index in [0.717, 1.165) is 25.9 Å². The van der Waals surface area contributed by atoms with Crippen molar-refractivity contribution in [1.29, 1.82) is 0 Å². The largest absolute Gasteiger partial charge is 0.375 e. The Morgan fingerprint density at radius 1 is 1.04 bits per heavy atom. The van der Waals surface area contributed by atoms with E-state index in [2.05, 4.69) is 20.8 Å². The first-order valence-electron chi connectivity index (χ1n) is 8.28. The Hall–Kier alpha value is -1.20. The van der Waals surface area contributed by atoms with Crippen molar-refractivity contribution < 1.29 is 19.1 Å². The summed E-state index contributed by atoms with van der Waals surface area (Å²) in [5.74, 6) is -0.179. The van der Waals surface area contributed by atoms with Gasteiger partial charge in [0.25, 0.3) is 0 Å². The van der Waals surface area contributed by atoms with E-state index in [1.54, 1.807) is 11.9 Å². The Morgan fingerprint density at radius 3 is 2.17 bits per heavy atom. The zero-order valence-electron chi connectivity index (χ0n) is 15.6. The van der Waals surface area contributed by atoms with Crippen molar-refractivity contribution in [3.05, 3.63) is 12.2 Å². The van der Waals surface area contributed by atoms with Crippen LogP contribution in [0.15, 0.2) is 12.2 Å². The fourth-order valence-corrected chi connectivity index (χ4v) is 1.89. The molecule has 0 saturated heterocycles. The minimum atomic E-state index is -0.316. The number of hydrogen-bond donors (Lipinski definition) is 0. The van der Waals surface area contributed by atoms with E-state index in [1.165, 1.54) is 12.2 Å². The van der Waals surface area contributed by atoms with E-state index in [4.69, 9.17) is 9.47 Å². The van der Waals surface area contributed by atoms with Crippen molar-refractivity contribution in [1.82, 2.24) is 4.90 Å². The number of rotatable bonds is 12. The molecule has 0 unspecified atom stereocenters. The van der Waals surface area contributed by atoms with Crippen molar-refractivity contribution >= 4 is 12.2 Å². The third-order valence-corrected chi connectivity index (χ3v) is 3.64. The molecular formula is C18H33NO4. The van der Waals surface area contributed by atoms with Gasteiger partial charge >= 0.3 is 0 Å². The lowest BCUT2D eigenvalue weighted by molar-refractivity contribution is -0.126. The van der Waals surface area contributed by atoms with Crippen LogP contribution < -0.4 is 0 Å². The van der Waals surface area contributed by atoms with Gasteiger partial charge in [0.05, 0.1) is 17.8 Å². The van der Waals surface area contributed by atoms with Crippen LogP contribution >= 0.6 is 0 Å². The molecule has 134 valence electrons. The van der Waals surface area contributed by atoms with Crippen molar-refractivity contribution in [3.8, 4) is 0 Å². The zero-order chi connectivity index (χ0) is 17.9. The fourth-order valence-electron chi connectivity index (χ4n) is 1.89. The number of aldehydes is 1. The predicted octanol–water partition coefficient (Wildman–Crippen LogP) is 2.98. The molecule has 23 heavy (non-hydrogen) atoms. The summed E-state index contributed by atoms with van der Waals surface area (Å²) in [6.45, 7) is 12.2. The highest BCUT2D eigenvalue weighted by molar-refractivity contribution is 5.90. The van der Waals surface area contributed by atoms with Crippen molar-refractivity contribution in [2.24, 2.45) is 0 Å². The molecule has 5 heteroatoms. The van der Waals surface area contributed by atoms with Crippen LogP contribution in [-0.4, -0.2) is 55.1 Å². The highest BCUT2D eigenvalue weighted by atomic mass is 16.5. The van der Waals surface area contributed by atoms with Gasteiger partial charge in [-0.05, 0) is 53.0 Å². The molecule has 0 aromatic rings.